The fourth-order valence-corrected chi connectivity index (χ4v) is 2.32. The predicted octanol–water partition coefficient (Wildman–Crippen LogP) is 2.79. The second-order valence-corrected chi connectivity index (χ2v) is 4.98. The standard InChI is InChI=1S/C17H17N3O/c1-13-7-5-6-10-15(13)11-20-18-16(12-21)17(19-20)14-8-3-2-4-9-14/h2-10,21H,11-12H2,1H3. The fraction of sp³-hybridized carbons (Fsp3) is 0.176. The second kappa shape index (κ2) is 5.89. The van der Waals surface area contributed by atoms with E-state index in [1.165, 1.54) is 11.1 Å². The topological polar surface area (TPSA) is 50.9 Å². The third-order valence-corrected chi connectivity index (χ3v) is 3.49. The first kappa shape index (κ1) is 13.5. The van der Waals surface area contributed by atoms with Crippen LogP contribution in [0.15, 0.2) is 54.6 Å². The van der Waals surface area contributed by atoms with Crippen molar-refractivity contribution in [3.63, 3.8) is 0 Å². The van der Waals surface area contributed by atoms with Crippen LogP contribution in [0, 0.1) is 6.92 Å². The smallest absolute Gasteiger partial charge is 0.118 e. The average Bonchev–Trinajstić information content (AvgIpc) is 2.93. The van der Waals surface area contributed by atoms with E-state index in [2.05, 4.69) is 29.3 Å². The van der Waals surface area contributed by atoms with Crippen molar-refractivity contribution in [2.75, 3.05) is 0 Å². The van der Waals surface area contributed by atoms with E-state index < -0.39 is 0 Å². The lowest BCUT2D eigenvalue weighted by Gasteiger charge is -2.04. The summed E-state index contributed by atoms with van der Waals surface area (Å²) in [7, 11) is 0. The van der Waals surface area contributed by atoms with Gasteiger partial charge in [-0.1, -0.05) is 54.6 Å². The first-order valence-electron chi connectivity index (χ1n) is 6.92. The Balaban J connectivity index is 1.95. The van der Waals surface area contributed by atoms with Crippen LogP contribution in [0.3, 0.4) is 0 Å². The average molecular weight is 279 g/mol. The summed E-state index contributed by atoms with van der Waals surface area (Å²) in [6.07, 6.45) is 0. The fourth-order valence-electron chi connectivity index (χ4n) is 2.32. The predicted molar refractivity (Wildman–Crippen MR) is 81.7 cm³/mol. The number of benzene rings is 2. The molecule has 0 aliphatic carbocycles. The summed E-state index contributed by atoms with van der Waals surface area (Å²) in [6, 6.07) is 18.0. The lowest BCUT2D eigenvalue weighted by atomic mass is 10.1. The number of aliphatic hydroxyl groups is 1. The van der Waals surface area contributed by atoms with Gasteiger partial charge in [0.25, 0.3) is 0 Å². The summed E-state index contributed by atoms with van der Waals surface area (Å²) in [5.74, 6) is 0. The number of aromatic nitrogens is 3. The third kappa shape index (κ3) is 2.85. The molecule has 1 N–H and O–H groups in total. The van der Waals surface area contributed by atoms with Crippen LogP contribution in [0.5, 0.6) is 0 Å². The van der Waals surface area contributed by atoms with Gasteiger partial charge >= 0.3 is 0 Å². The van der Waals surface area contributed by atoms with Gasteiger partial charge in [-0.15, -0.1) is 0 Å². The molecule has 4 nitrogen and oxygen atoms in total. The minimum Gasteiger partial charge on any atom is -0.390 e. The second-order valence-electron chi connectivity index (χ2n) is 4.98. The van der Waals surface area contributed by atoms with Crippen LogP contribution in [0.2, 0.25) is 0 Å². The maximum absolute atomic E-state index is 9.50. The van der Waals surface area contributed by atoms with Crippen LogP contribution < -0.4 is 0 Å². The van der Waals surface area contributed by atoms with E-state index in [0.29, 0.717) is 12.2 Å². The van der Waals surface area contributed by atoms with E-state index in [1.807, 2.05) is 42.5 Å². The molecule has 3 rings (SSSR count). The molecule has 3 aromatic rings. The van der Waals surface area contributed by atoms with E-state index in [-0.39, 0.29) is 6.61 Å². The molecule has 0 bridgehead atoms. The highest BCUT2D eigenvalue weighted by molar-refractivity contribution is 5.60. The van der Waals surface area contributed by atoms with Crippen molar-refractivity contribution >= 4 is 0 Å². The Bertz CT molecular complexity index is 735. The molecule has 0 aliphatic heterocycles. The minimum atomic E-state index is -0.113. The molecule has 2 aromatic carbocycles. The monoisotopic (exact) mass is 279 g/mol. The number of hydrogen-bond acceptors (Lipinski definition) is 3. The molecule has 1 aromatic heterocycles. The summed E-state index contributed by atoms with van der Waals surface area (Å²) >= 11 is 0. The van der Waals surface area contributed by atoms with Gasteiger partial charge in [0.15, 0.2) is 0 Å². The summed E-state index contributed by atoms with van der Waals surface area (Å²) < 4.78 is 0. The van der Waals surface area contributed by atoms with Crippen LogP contribution >= 0.6 is 0 Å². The van der Waals surface area contributed by atoms with Crippen LogP contribution in [0.1, 0.15) is 16.8 Å². The zero-order valence-electron chi connectivity index (χ0n) is 11.9. The molecule has 4 heteroatoms. The first-order chi connectivity index (χ1) is 10.3. The molecule has 0 fully saturated rings. The van der Waals surface area contributed by atoms with E-state index in [9.17, 15) is 5.11 Å². The van der Waals surface area contributed by atoms with Crippen molar-refractivity contribution in [3.8, 4) is 11.3 Å². The first-order valence-corrected chi connectivity index (χ1v) is 6.92. The van der Waals surface area contributed by atoms with Gasteiger partial charge in [0.1, 0.15) is 11.4 Å². The van der Waals surface area contributed by atoms with E-state index in [4.69, 9.17) is 0 Å². The summed E-state index contributed by atoms with van der Waals surface area (Å²) in [6.45, 7) is 2.56. The number of hydrogen-bond donors (Lipinski definition) is 1. The maximum Gasteiger partial charge on any atom is 0.118 e. The zero-order valence-corrected chi connectivity index (χ0v) is 11.9. The van der Waals surface area contributed by atoms with Crippen LogP contribution in [0.25, 0.3) is 11.3 Å². The van der Waals surface area contributed by atoms with Crippen LogP contribution in [0.4, 0.5) is 0 Å². The molecule has 0 unspecified atom stereocenters. The van der Waals surface area contributed by atoms with Gasteiger partial charge in [-0.25, -0.2) is 0 Å². The summed E-state index contributed by atoms with van der Waals surface area (Å²) in [5.41, 5.74) is 4.71. The summed E-state index contributed by atoms with van der Waals surface area (Å²) in [5, 5.41) is 18.4. The Labute approximate surface area is 123 Å². The molecular formula is C17H17N3O. The number of rotatable bonds is 4. The molecule has 0 saturated carbocycles. The lowest BCUT2D eigenvalue weighted by Crippen LogP contribution is -2.05. The van der Waals surface area contributed by atoms with Gasteiger partial charge < -0.3 is 5.11 Å². The SMILES string of the molecule is Cc1ccccc1Cn1nc(CO)c(-c2ccccc2)n1. The van der Waals surface area contributed by atoms with Crippen molar-refractivity contribution < 1.29 is 5.11 Å². The molecule has 0 saturated heterocycles. The van der Waals surface area contributed by atoms with Gasteiger partial charge in [-0.05, 0) is 18.1 Å². The highest BCUT2D eigenvalue weighted by Crippen LogP contribution is 2.20. The Morgan fingerprint density at radius 3 is 2.38 bits per heavy atom. The molecule has 1 heterocycles. The van der Waals surface area contributed by atoms with E-state index in [0.717, 1.165) is 11.3 Å². The van der Waals surface area contributed by atoms with Crippen molar-refractivity contribution in [1.82, 2.24) is 15.0 Å². The molecule has 0 atom stereocenters. The highest BCUT2D eigenvalue weighted by atomic mass is 16.3. The van der Waals surface area contributed by atoms with Gasteiger partial charge in [0.05, 0.1) is 13.2 Å². The minimum absolute atomic E-state index is 0.113. The Kier molecular flexibility index (Phi) is 3.79. The molecule has 106 valence electrons. The third-order valence-electron chi connectivity index (χ3n) is 3.49. The van der Waals surface area contributed by atoms with Gasteiger partial charge in [-0.3, -0.25) is 0 Å². The Morgan fingerprint density at radius 2 is 1.67 bits per heavy atom. The normalized spacial score (nSPS) is 10.8. The molecule has 21 heavy (non-hydrogen) atoms. The number of aliphatic hydroxyl groups excluding tert-OH is 1. The Morgan fingerprint density at radius 1 is 0.952 bits per heavy atom. The molecule has 0 radical (unpaired) electrons. The highest BCUT2D eigenvalue weighted by Gasteiger charge is 2.12. The van der Waals surface area contributed by atoms with E-state index in [1.54, 1.807) is 4.80 Å². The lowest BCUT2D eigenvalue weighted by molar-refractivity contribution is 0.276. The largest absolute Gasteiger partial charge is 0.390 e. The van der Waals surface area contributed by atoms with E-state index >= 15 is 0 Å². The molecule has 0 amide bonds. The van der Waals surface area contributed by atoms with Crippen molar-refractivity contribution in [1.29, 1.82) is 0 Å². The van der Waals surface area contributed by atoms with Gasteiger partial charge in [0, 0.05) is 5.56 Å². The molecular weight excluding hydrogens is 262 g/mol. The quantitative estimate of drug-likeness (QED) is 0.799. The van der Waals surface area contributed by atoms with Crippen LogP contribution in [-0.2, 0) is 13.2 Å². The van der Waals surface area contributed by atoms with Crippen molar-refractivity contribution in [2.45, 2.75) is 20.1 Å². The van der Waals surface area contributed by atoms with Crippen molar-refractivity contribution in [2.24, 2.45) is 0 Å². The zero-order chi connectivity index (χ0) is 14.7. The van der Waals surface area contributed by atoms with Gasteiger partial charge in [0.2, 0.25) is 0 Å². The summed E-state index contributed by atoms with van der Waals surface area (Å²) in [4.78, 5) is 1.65. The van der Waals surface area contributed by atoms with Gasteiger partial charge in [-0.2, -0.15) is 15.0 Å². The maximum atomic E-state index is 9.50. The Hall–Kier alpha value is -2.46. The van der Waals surface area contributed by atoms with Crippen molar-refractivity contribution in [3.05, 3.63) is 71.4 Å². The number of aryl methyl sites for hydroxylation is 1. The van der Waals surface area contributed by atoms with Crippen LogP contribution in [-0.4, -0.2) is 20.1 Å². The number of nitrogens with zero attached hydrogens (tertiary/aromatic N) is 3. The molecule has 0 aliphatic rings. The molecule has 0 spiro atoms.